The van der Waals surface area contributed by atoms with Crippen molar-refractivity contribution in [1.82, 2.24) is 13.9 Å². The average molecular weight is 350 g/mol. The molecule has 1 aromatic heterocycles. The number of aryl methyl sites for hydroxylation is 1. The zero-order chi connectivity index (χ0) is 17.3. The molecule has 0 spiro atoms. The lowest BCUT2D eigenvalue weighted by Gasteiger charge is -2.29. The van der Waals surface area contributed by atoms with E-state index in [0.717, 1.165) is 11.0 Å². The van der Waals surface area contributed by atoms with Gasteiger partial charge in [0.05, 0.1) is 17.3 Å². The van der Waals surface area contributed by atoms with Crippen molar-refractivity contribution < 1.29 is 13.2 Å². The number of benzene rings is 1. The van der Waals surface area contributed by atoms with E-state index in [-0.39, 0.29) is 11.8 Å². The topological polar surface area (TPSA) is 84.3 Å². The SMILES string of the molecule is CCn1c(NC(=O)C2CCN(S(C)(=O)=O)CC2)nc2ccccc21. The molecular formula is C16H22N4O3S. The molecule has 1 aliphatic rings. The fourth-order valence-electron chi connectivity index (χ4n) is 3.15. The summed E-state index contributed by atoms with van der Waals surface area (Å²) in [4.78, 5) is 17.0. The van der Waals surface area contributed by atoms with Gasteiger partial charge in [-0.1, -0.05) is 12.1 Å². The second-order valence-electron chi connectivity index (χ2n) is 6.09. The van der Waals surface area contributed by atoms with E-state index in [2.05, 4.69) is 10.3 Å². The van der Waals surface area contributed by atoms with E-state index in [1.54, 1.807) is 0 Å². The van der Waals surface area contributed by atoms with Crippen molar-refractivity contribution in [2.24, 2.45) is 5.92 Å². The van der Waals surface area contributed by atoms with Gasteiger partial charge in [-0.05, 0) is 31.9 Å². The van der Waals surface area contributed by atoms with Gasteiger partial charge >= 0.3 is 0 Å². The molecule has 0 saturated carbocycles. The van der Waals surface area contributed by atoms with E-state index < -0.39 is 10.0 Å². The molecule has 1 aliphatic heterocycles. The Morgan fingerprint density at radius 2 is 1.96 bits per heavy atom. The standard InChI is InChI=1S/C16H22N4O3S/c1-3-20-14-7-5-4-6-13(14)17-16(20)18-15(21)12-8-10-19(11-9-12)24(2,22)23/h4-7,12H,3,8-11H2,1-2H3,(H,17,18,21). The third-order valence-electron chi connectivity index (χ3n) is 4.50. The molecule has 1 fully saturated rings. The van der Waals surface area contributed by atoms with Gasteiger partial charge in [-0.25, -0.2) is 17.7 Å². The Morgan fingerprint density at radius 3 is 2.58 bits per heavy atom. The molecule has 7 nitrogen and oxygen atoms in total. The predicted octanol–water partition coefficient (Wildman–Crippen LogP) is 1.67. The van der Waals surface area contributed by atoms with Crippen molar-refractivity contribution in [2.75, 3.05) is 24.7 Å². The molecule has 1 saturated heterocycles. The van der Waals surface area contributed by atoms with Crippen LogP contribution < -0.4 is 5.32 Å². The Hall–Kier alpha value is -1.93. The lowest BCUT2D eigenvalue weighted by Crippen LogP contribution is -2.41. The van der Waals surface area contributed by atoms with Gasteiger partial charge in [0.25, 0.3) is 0 Å². The number of piperidine rings is 1. The van der Waals surface area contributed by atoms with E-state index in [1.807, 2.05) is 35.8 Å². The largest absolute Gasteiger partial charge is 0.310 e. The molecule has 24 heavy (non-hydrogen) atoms. The molecule has 0 bridgehead atoms. The number of hydrogen-bond donors (Lipinski definition) is 1. The summed E-state index contributed by atoms with van der Waals surface area (Å²) in [5.41, 5.74) is 1.84. The van der Waals surface area contributed by atoms with E-state index in [0.29, 0.717) is 38.4 Å². The van der Waals surface area contributed by atoms with Gasteiger partial charge in [-0.2, -0.15) is 0 Å². The summed E-state index contributed by atoms with van der Waals surface area (Å²) in [6.45, 7) is 3.50. The summed E-state index contributed by atoms with van der Waals surface area (Å²) >= 11 is 0. The summed E-state index contributed by atoms with van der Waals surface area (Å²) in [5.74, 6) is 0.274. The van der Waals surface area contributed by atoms with Gasteiger partial charge in [-0.3, -0.25) is 10.1 Å². The highest BCUT2D eigenvalue weighted by atomic mass is 32.2. The minimum Gasteiger partial charge on any atom is -0.310 e. The third kappa shape index (κ3) is 3.29. The number of nitrogens with zero attached hydrogens (tertiary/aromatic N) is 3. The Labute approximate surface area is 141 Å². The zero-order valence-corrected chi connectivity index (χ0v) is 14.7. The van der Waals surface area contributed by atoms with Crippen molar-refractivity contribution in [1.29, 1.82) is 0 Å². The van der Waals surface area contributed by atoms with E-state index in [9.17, 15) is 13.2 Å². The first kappa shape index (κ1) is 16.9. The molecule has 0 unspecified atom stereocenters. The molecule has 8 heteroatoms. The molecule has 1 amide bonds. The molecular weight excluding hydrogens is 328 g/mol. The first-order chi connectivity index (χ1) is 11.4. The fraction of sp³-hybridized carbons (Fsp3) is 0.500. The summed E-state index contributed by atoms with van der Waals surface area (Å²) in [6, 6.07) is 7.76. The molecule has 2 heterocycles. The molecule has 1 N–H and O–H groups in total. The van der Waals surface area contributed by atoms with Crippen LogP contribution in [0.1, 0.15) is 19.8 Å². The van der Waals surface area contributed by atoms with Crippen molar-refractivity contribution >= 4 is 32.9 Å². The number of fused-ring (bicyclic) bond motifs is 1. The van der Waals surface area contributed by atoms with Crippen LogP contribution in [0.15, 0.2) is 24.3 Å². The average Bonchev–Trinajstić information content (AvgIpc) is 2.91. The van der Waals surface area contributed by atoms with Gasteiger partial charge in [0.15, 0.2) is 0 Å². The highest BCUT2D eigenvalue weighted by Gasteiger charge is 2.29. The van der Waals surface area contributed by atoms with E-state index in [4.69, 9.17) is 0 Å². The van der Waals surface area contributed by atoms with Gasteiger partial charge < -0.3 is 4.57 Å². The van der Waals surface area contributed by atoms with Crippen LogP contribution in [0.5, 0.6) is 0 Å². The van der Waals surface area contributed by atoms with Gasteiger partial charge in [0.1, 0.15) is 0 Å². The molecule has 0 aliphatic carbocycles. The summed E-state index contributed by atoms with van der Waals surface area (Å²) < 4.78 is 26.5. The Balaban J connectivity index is 1.72. The Morgan fingerprint density at radius 1 is 1.29 bits per heavy atom. The number of hydrogen-bond acceptors (Lipinski definition) is 4. The lowest BCUT2D eigenvalue weighted by atomic mass is 9.97. The Kier molecular flexibility index (Phi) is 4.60. The second kappa shape index (κ2) is 6.52. The summed E-state index contributed by atoms with van der Waals surface area (Å²) in [6.07, 6.45) is 2.27. The number of carbonyl (C=O) groups is 1. The lowest BCUT2D eigenvalue weighted by molar-refractivity contribution is -0.121. The monoisotopic (exact) mass is 350 g/mol. The summed E-state index contributed by atoms with van der Waals surface area (Å²) in [7, 11) is -3.18. The van der Waals surface area contributed by atoms with Crippen molar-refractivity contribution in [3.63, 3.8) is 0 Å². The van der Waals surface area contributed by atoms with Crippen molar-refractivity contribution in [3.05, 3.63) is 24.3 Å². The van der Waals surface area contributed by atoms with E-state index in [1.165, 1.54) is 10.6 Å². The first-order valence-electron chi connectivity index (χ1n) is 8.11. The van der Waals surface area contributed by atoms with Crippen LogP contribution in [0.2, 0.25) is 0 Å². The van der Waals surface area contributed by atoms with Crippen molar-refractivity contribution in [2.45, 2.75) is 26.3 Å². The normalized spacial score (nSPS) is 17.2. The van der Waals surface area contributed by atoms with Crippen LogP contribution in [-0.4, -0.2) is 47.5 Å². The number of para-hydroxylation sites is 2. The number of amides is 1. The van der Waals surface area contributed by atoms with Crippen LogP contribution in [0.4, 0.5) is 5.95 Å². The number of sulfonamides is 1. The van der Waals surface area contributed by atoms with Crippen molar-refractivity contribution in [3.8, 4) is 0 Å². The van der Waals surface area contributed by atoms with Crippen LogP contribution in [0, 0.1) is 5.92 Å². The summed E-state index contributed by atoms with van der Waals surface area (Å²) in [5, 5.41) is 2.92. The van der Waals surface area contributed by atoms with Gasteiger partial charge in [0.2, 0.25) is 21.9 Å². The van der Waals surface area contributed by atoms with Crippen LogP contribution >= 0.6 is 0 Å². The fourth-order valence-corrected chi connectivity index (χ4v) is 4.03. The molecule has 0 radical (unpaired) electrons. The predicted molar refractivity (Wildman–Crippen MR) is 93.2 cm³/mol. The molecule has 130 valence electrons. The smallest absolute Gasteiger partial charge is 0.229 e. The highest BCUT2D eigenvalue weighted by Crippen LogP contribution is 2.23. The van der Waals surface area contributed by atoms with E-state index >= 15 is 0 Å². The number of imidazole rings is 1. The molecule has 2 aromatic rings. The quantitative estimate of drug-likeness (QED) is 0.909. The first-order valence-corrected chi connectivity index (χ1v) is 9.96. The number of nitrogens with one attached hydrogen (secondary N) is 1. The maximum atomic E-state index is 12.5. The minimum absolute atomic E-state index is 0.0897. The molecule has 1 aromatic carbocycles. The van der Waals surface area contributed by atoms with Crippen LogP contribution in [-0.2, 0) is 21.4 Å². The minimum atomic E-state index is -3.18. The highest BCUT2D eigenvalue weighted by molar-refractivity contribution is 7.88. The Bertz CT molecular complexity index is 851. The number of carbonyl (C=O) groups excluding carboxylic acids is 1. The second-order valence-corrected chi connectivity index (χ2v) is 8.08. The number of rotatable bonds is 4. The third-order valence-corrected chi connectivity index (χ3v) is 5.80. The number of aromatic nitrogens is 2. The number of anilines is 1. The van der Waals surface area contributed by atoms with Gasteiger partial charge in [0, 0.05) is 25.6 Å². The molecule has 3 rings (SSSR count). The van der Waals surface area contributed by atoms with Crippen LogP contribution in [0.3, 0.4) is 0 Å². The maximum Gasteiger partial charge on any atom is 0.229 e. The molecule has 0 atom stereocenters. The maximum absolute atomic E-state index is 12.5. The zero-order valence-electron chi connectivity index (χ0n) is 13.9. The van der Waals surface area contributed by atoms with Gasteiger partial charge in [-0.15, -0.1) is 0 Å². The van der Waals surface area contributed by atoms with Crippen LogP contribution in [0.25, 0.3) is 11.0 Å².